The van der Waals surface area contributed by atoms with Gasteiger partial charge in [0.05, 0.1) is 28.4 Å². The van der Waals surface area contributed by atoms with E-state index in [0.717, 1.165) is 72.7 Å². The van der Waals surface area contributed by atoms with Crippen LogP contribution in [-0.2, 0) is 4.79 Å². The van der Waals surface area contributed by atoms with Crippen molar-refractivity contribution in [3.05, 3.63) is 41.7 Å². The average molecular weight is 490 g/mol. The molecule has 192 valence electrons. The van der Waals surface area contributed by atoms with Crippen LogP contribution in [0, 0.1) is 19.8 Å². The maximum Gasteiger partial charge on any atom is 0.224 e. The van der Waals surface area contributed by atoms with E-state index in [0.29, 0.717) is 6.54 Å². The molecule has 3 aromatic rings. The number of anilines is 1. The van der Waals surface area contributed by atoms with E-state index in [1.807, 2.05) is 29.8 Å². The lowest BCUT2D eigenvalue weighted by atomic mass is 9.97. The van der Waals surface area contributed by atoms with Gasteiger partial charge in [0.1, 0.15) is 5.52 Å². The second-order valence-corrected chi connectivity index (χ2v) is 10.4. The highest BCUT2D eigenvalue weighted by Crippen LogP contribution is 2.31. The second-order valence-electron chi connectivity index (χ2n) is 10.4. The number of carbonyl (C=O) groups excluding carboxylic acids is 1. The first-order valence-corrected chi connectivity index (χ1v) is 13.6. The Bertz CT molecular complexity index is 1170. The Morgan fingerprint density at radius 1 is 1.00 bits per heavy atom. The van der Waals surface area contributed by atoms with Gasteiger partial charge in [-0.1, -0.05) is 31.0 Å². The summed E-state index contributed by atoms with van der Waals surface area (Å²) in [5.41, 5.74) is 3.82. The highest BCUT2D eigenvalue weighted by molar-refractivity contribution is 5.92. The number of aromatic nitrogens is 4. The molecule has 5 rings (SSSR count). The molecule has 2 aromatic heterocycles. The summed E-state index contributed by atoms with van der Waals surface area (Å²) in [5.74, 6) is 0.914. The zero-order chi connectivity index (χ0) is 24.9. The van der Waals surface area contributed by atoms with Crippen molar-refractivity contribution in [2.24, 2.45) is 5.92 Å². The molecule has 0 unspecified atom stereocenters. The summed E-state index contributed by atoms with van der Waals surface area (Å²) in [6, 6.07) is 10.2. The van der Waals surface area contributed by atoms with E-state index < -0.39 is 0 Å². The lowest BCUT2D eigenvalue weighted by molar-refractivity contribution is -0.125. The van der Waals surface area contributed by atoms with Gasteiger partial charge in [-0.25, -0.2) is 4.68 Å². The fourth-order valence-corrected chi connectivity index (χ4v) is 5.75. The molecule has 1 atom stereocenters. The second kappa shape index (κ2) is 11.4. The molecular formula is C28H39N7O. The Morgan fingerprint density at radius 3 is 2.56 bits per heavy atom. The zero-order valence-electron chi connectivity index (χ0n) is 21.7. The SMILES string of the molecule is Cc1nnc(N2CCC[C@H](C(=O)NCCCN3CCCCCC3)C2)c2nn(-c3ccccc3)c(C)c12. The van der Waals surface area contributed by atoms with E-state index in [-0.39, 0.29) is 11.8 Å². The lowest BCUT2D eigenvalue weighted by Crippen LogP contribution is -2.44. The normalized spacial score (nSPS) is 19.4. The van der Waals surface area contributed by atoms with Crippen molar-refractivity contribution < 1.29 is 4.79 Å². The van der Waals surface area contributed by atoms with Crippen LogP contribution in [0.4, 0.5) is 5.82 Å². The van der Waals surface area contributed by atoms with Crippen molar-refractivity contribution in [2.75, 3.05) is 44.2 Å². The summed E-state index contributed by atoms with van der Waals surface area (Å²) < 4.78 is 1.98. The first-order valence-electron chi connectivity index (χ1n) is 13.6. The van der Waals surface area contributed by atoms with Gasteiger partial charge in [0.15, 0.2) is 5.82 Å². The van der Waals surface area contributed by atoms with Crippen LogP contribution < -0.4 is 10.2 Å². The number of likely N-dealkylation sites (tertiary alicyclic amines) is 1. The third kappa shape index (κ3) is 5.38. The van der Waals surface area contributed by atoms with E-state index in [9.17, 15) is 4.79 Å². The third-order valence-electron chi connectivity index (χ3n) is 7.73. The van der Waals surface area contributed by atoms with E-state index in [4.69, 9.17) is 5.10 Å². The topological polar surface area (TPSA) is 79.2 Å². The molecule has 8 nitrogen and oxygen atoms in total. The molecule has 8 heteroatoms. The van der Waals surface area contributed by atoms with Crippen LogP contribution in [0.5, 0.6) is 0 Å². The Balaban J connectivity index is 1.25. The summed E-state index contributed by atoms with van der Waals surface area (Å²) in [7, 11) is 0. The molecule has 1 amide bonds. The minimum absolute atomic E-state index is 0.0348. The Hall–Kier alpha value is -3.00. The number of amides is 1. The van der Waals surface area contributed by atoms with E-state index >= 15 is 0 Å². The van der Waals surface area contributed by atoms with Crippen molar-refractivity contribution in [3.63, 3.8) is 0 Å². The largest absolute Gasteiger partial charge is 0.356 e. The molecule has 0 radical (unpaired) electrons. The summed E-state index contributed by atoms with van der Waals surface area (Å²) >= 11 is 0. The maximum atomic E-state index is 13.0. The van der Waals surface area contributed by atoms with Crippen molar-refractivity contribution in [2.45, 2.75) is 58.8 Å². The number of aryl methyl sites for hydroxylation is 2. The van der Waals surface area contributed by atoms with Gasteiger partial charge in [-0.05, 0) is 77.7 Å². The van der Waals surface area contributed by atoms with Crippen molar-refractivity contribution >= 4 is 22.6 Å². The summed E-state index contributed by atoms with van der Waals surface area (Å²) in [6.07, 6.45) is 8.22. The number of hydrogen-bond donors (Lipinski definition) is 1. The van der Waals surface area contributed by atoms with Gasteiger partial charge in [0.2, 0.25) is 5.91 Å². The minimum atomic E-state index is -0.0348. The number of benzene rings is 1. The molecule has 1 N–H and O–H groups in total. The van der Waals surface area contributed by atoms with Crippen molar-refractivity contribution in [1.29, 1.82) is 0 Å². The first-order chi connectivity index (χ1) is 17.6. The van der Waals surface area contributed by atoms with E-state index in [1.54, 1.807) is 0 Å². The Kier molecular flexibility index (Phi) is 7.80. The molecule has 0 spiro atoms. The monoisotopic (exact) mass is 489 g/mol. The van der Waals surface area contributed by atoms with Crippen LogP contribution in [0.2, 0.25) is 0 Å². The van der Waals surface area contributed by atoms with Crippen molar-refractivity contribution in [1.82, 2.24) is 30.2 Å². The third-order valence-corrected chi connectivity index (χ3v) is 7.73. The van der Waals surface area contributed by atoms with Gasteiger partial charge in [0, 0.05) is 19.6 Å². The highest BCUT2D eigenvalue weighted by Gasteiger charge is 2.29. The van der Waals surface area contributed by atoms with Crippen molar-refractivity contribution in [3.8, 4) is 5.69 Å². The fraction of sp³-hybridized carbons (Fsp3) is 0.571. The Morgan fingerprint density at radius 2 is 1.78 bits per heavy atom. The van der Waals surface area contributed by atoms with Gasteiger partial charge in [-0.2, -0.15) is 10.2 Å². The number of carbonyl (C=O) groups is 1. The molecule has 0 bridgehead atoms. The quantitative estimate of drug-likeness (QED) is 0.505. The maximum absolute atomic E-state index is 13.0. The molecule has 2 saturated heterocycles. The molecule has 0 saturated carbocycles. The molecule has 4 heterocycles. The van der Waals surface area contributed by atoms with Crippen LogP contribution in [0.1, 0.15) is 56.3 Å². The standard InChI is InChI=1S/C28H39N7O/c1-21-25-22(2)35(24-13-6-5-7-14-24)32-26(25)27(31-30-21)34-19-10-12-23(20-34)28(36)29-15-11-18-33-16-8-3-4-9-17-33/h5-7,13-14,23H,3-4,8-12,15-20H2,1-2H3,(H,29,36)/t23-/m0/s1. The predicted molar refractivity (Wildman–Crippen MR) is 144 cm³/mol. The summed E-state index contributed by atoms with van der Waals surface area (Å²) in [4.78, 5) is 17.8. The number of nitrogens with one attached hydrogen (secondary N) is 1. The number of hydrogen-bond acceptors (Lipinski definition) is 6. The van der Waals surface area contributed by atoms with E-state index in [1.165, 1.54) is 38.8 Å². The molecule has 2 aliphatic rings. The predicted octanol–water partition coefficient (Wildman–Crippen LogP) is 4.03. The average Bonchev–Trinajstić information content (AvgIpc) is 3.07. The van der Waals surface area contributed by atoms with Crippen LogP contribution in [0.3, 0.4) is 0 Å². The van der Waals surface area contributed by atoms with Gasteiger partial charge in [-0.3, -0.25) is 4.79 Å². The van der Waals surface area contributed by atoms with Gasteiger partial charge in [-0.15, -0.1) is 5.10 Å². The highest BCUT2D eigenvalue weighted by atomic mass is 16.1. The number of nitrogens with zero attached hydrogens (tertiary/aromatic N) is 6. The van der Waals surface area contributed by atoms with Gasteiger partial charge in [0.25, 0.3) is 0 Å². The molecule has 1 aromatic carbocycles. The van der Waals surface area contributed by atoms with Crippen LogP contribution in [-0.4, -0.2) is 70.1 Å². The fourth-order valence-electron chi connectivity index (χ4n) is 5.75. The van der Waals surface area contributed by atoms with Crippen LogP contribution in [0.25, 0.3) is 16.6 Å². The van der Waals surface area contributed by atoms with Gasteiger partial charge >= 0.3 is 0 Å². The molecular weight excluding hydrogens is 450 g/mol. The smallest absolute Gasteiger partial charge is 0.224 e. The van der Waals surface area contributed by atoms with Crippen LogP contribution >= 0.6 is 0 Å². The Labute approximate surface area is 214 Å². The van der Waals surface area contributed by atoms with Gasteiger partial charge < -0.3 is 15.1 Å². The van der Waals surface area contributed by atoms with Crippen LogP contribution in [0.15, 0.2) is 30.3 Å². The number of piperidine rings is 1. The molecule has 36 heavy (non-hydrogen) atoms. The number of fused-ring (bicyclic) bond motifs is 1. The zero-order valence-corrected chi connectivity index (χ0v) is 21.7. The number of rotatable bonds is 7. The summed E-state index contributed by atoms with van der Waals surface area (Å²) in [5, 5.41) is 18.3. The minimum Gasteiger partial charge on any atom is -0.356 e. The summed E-state index contributed by atoms with van der Waals surface area (Å²) in [6.45, 7) is 9.83. The first kappa shape index (κ1) is 24.7. The molecule has 0 aliphatic carbocycles. The number of para-hydroxylation sites is 1. The van der Waals surface area contributed by atoms with E-state index in [2.05, 4.69) is 44.4 Å². The molecule has 2 fully saturated rings. The lowest BCUT2D eigenvalue weighted by Gasteiger charge is -2.32. The molecule has 2 aliphatic heterocycles.